The number of rotatable bonds is 5. The van der Waals surface area contributed by atoms with Crippen LogP contribution in [0, 0.1) is 0 Å². The molecule has 4 nitrogen and oxygen atoms in total. The van der Waals surface area contributed by atoms with Crippen molar-refractivity contribution in [3.05, 3.63) is 18.0 Å². The molecule has 0 saturated carbocycles. The van der Waals surface area contributed by atoms with E-state index in [9.17, 15) is 4.39 Å². The van der Waals surface area contributed by atoms with Crippen molar-refractivity contribution < 1.29 is 4.39 Å². The Kier molecular flexibility index (Phi) is 4.63. The molecule has 2 fully saturated rings. The molecule has 0 spiro atoms. The van der Waals surface area contributed by atoms with Crippen molar-refractivity contribution in [2.45, 2.75) is 37.6 Å². The molecule has 3 heterocycles. The van der Waals surface area contributed by atoms with Crippen LogP contribution in [-0.4, -0.2) is 57.5 Å². The largest absolute Gasteiger partial charge is 0.312 e. The summed E-state index contributed by atoms with van der Waals surface area (Å²) in [6.07, 6.45) is 5.12. The highest BCUT2D eigenvalue weighted by Gasteiger charge is 2.32. The van der Waals surface area contributed by atoms with Gasteiger partial charge in [0.25, 0.3) is 0 Å². The van der Waals surface area contributed by atoms with Crippen LogP contribution in [0.2, 0.25) is 0 Å². The average molecular weight is 298 g/mol. The van der Waals surface area contributed by atoms with Crippen molar-refractivity contribution in [1.82, 2.24) is 20.0 Å². The van der Waals surface area contributed by atoms with Gasteiger partial charge in [0.15, 0.2) is 0 Å². The standard InChI is InChI=1S/C14H23FN4S/c1-18-7-11(5-17-18)8-19-9-12(15)4-14(19)6-16-13-2-3-20-10-13/h5,7,12-14,16H,2-4,6,8-10H2,1H3/t12-,13-,14-/m0/s1. The number of nitrogens with one attached hydrogen (secondary N) is 1. The zero-order chi connectivity index (χ0) is 13.9. The number of nitrogens with zero attached hydrogens (tertiary/aromatic N) is 3. The Balaban J connectivity index is 1.53. The van der Waals surface area contributed by atoms with Gasteiger partial charge in [-0.3, -0.25) is 9.58 Å². The predicted octanol–water partition coefficient (Wildman–Crippen LogP) is 1.43. The van der Waals surface area contributed by atoms with Gasteiger partial charge in [0.2, 0.25) is 0 Å². The van der Waals surface area contributed by atoms with Crippen molar-refractivity contribution in [3.63, 3.8) is 0 Å². The summed E-state index contributed by atoms with van der Waals surface area (Å²) < 4.78 is 15.5. The molecule has 20 heavy (non-hydrogen) atoms. The van der Waals surface area contributed by atoms with E-state index in [1.54, 1.807) is 4.68 Å². The van der Waals surface area contributed by atoms with E-state index in [2.05, 4.69) is 15.3 Å². The smallest absolute Gasteiger partial charge is 0.114 e. The van der Waals surface area contributed by atoms with E-state index in [4.69, 9.17) is 0 Å². The van der Waals surface area contributed by atoms with E-state index in [-0.39, 0.29) is 0 Å². The summed E-state index contributed by atoms with van der Waals surface area (Å²) >= 11 is 2.01. The summed E-state index contributed by atoms with van der Waals surface area (Å²) in [5.41, 5.74) is 1.17. The highest BCUT2D eigenvalue weighted by Crippen LogP contribution is 2.23. The van der Waals surface area contributed by atoms with E-state index in [1.165, 1.54) is 23.5 Å². The van der Waals surface area contributed by atoms with Crippen molar-refractivity contribution in [1.29, 1.82) is 0 Å². The second-order valence-electron chi connectivity index (χ2n) is 5.91. The van der Waals surface area contributed by atoms with Gasteiger partial charge < -0.3 is 5.32 Å². The highest BCUT2D eigenvalue weighted by atomic mass is 32.2. The molecule has 2 aliphatic rings. The Bertz CT molecular complexity index is 433. The normalized spacial score (nSPS) is 31.2. The molecule has 112 valence electrons. The third-order valence-electron chi connectivity index (χ3n) is 4.19. The minimum atomic E-state index is -0.684. The maximum atomic E-state index is 13.7. The predicted molar refractivity (Wildman–Crippen MR) is 80.7 cm³/mol. The lowest BCUT2D eigenvalue weighted by Gasteiger charge is -2.25. The van der Waals surface area contributed by atoms with Gasteiger partial charge in [-0.15, -0.1) is 0 Å². The molecule has 6 heteroatoms. The van der Waals surface area contributed by atoms with Crippen molar-refractivity contribution >= 4 is 11.8 Å². The SMILES string of the molecule is Cn1cc(CN2C[C@@H](F)C[C@H]2CN[C@H]2CCSC2)cn1. The Morgan fingerprint density at radius 1 is 1.55 bits per heavy atom. The molecule has 0 amide bonds. The average Bonchev–Trinajstić information content (AvgIpc) is 3.10. The van der Waals surface area contributed by atoms with Gasteiger partial charge in [-0.1, -0.05) is 0 Å². The van der Waals surface area contributed by atoms with Crippen LogP contribution >= 0.6 is 11.8 Å². The molecule has 2 saturated heterocycles. The van der Waals surface area contributed by atoms with E-state index < -0.39 is 6.17 Å². The van der Waals surface area contributed by atoms with Crippen LogP contribution < -0.4 is 5.32 Å². The Morgan fingerprint density at radius 3 is 3.15 bits per heavy atom. The van der Waals surface area contributed by atoms with Crippen LogP contribution in [-0.2, 0) is 13.6 Å². The second kappa shape index (κ2) is 6.45. The molecule has 0 aliphatic carbocycles. The van der Waals surface area contributed by atoms with Gasteiger partial charge in [-0.2, -0.15) is 16.9 Å². The summed E-state index contributed by atoms with van der Waals surface area (Å²) in [5.74, 6) is 2.46. The van der Waals surface area contributed by atoms with Crippen LogP contribution in [0.4, 0.5) is 4.39 Å². The first-order valence-electron chi connectivity index (χ1n) is 7.37. The van der Waals surface area contributed by atoms with Crippen molar-refractivity contribution in [2.75, 3.05) is 24.6 Å². The summed E-state index contributed by atoms with van der Waals surface area (Å²) in [4.78, 5) is 2.26. The van der Waals surface area contributed by atoms with E-state index >= 15 is 0 Å². The fourth-order valence-corrected chi connectivity index (χ4v) is 4.30. The monoisotopic (exact) mass is 298 g/mol. The molecule has 2 aliphatic heterocycles. The lowest BCUT2D eigenvalue weighted by atomic mass is 10.1. The Morgan fingerprint density at radius 2 is 2.45 bits per heavy atom. The molecular weight excluding hydrogens is 275 g/mol. The number of alkyl halides is 1. The van der Waals surface area contributed by atoms with Gasteiger partial charge in [0.1, 0.15) is 6.17 Å². The molecule has 0 bridgehead atoms. The molecule has 3 atom stereocenters. The van der Waals surface area contributed by atoms with E-state index in [0.29, 0.717) is 25.0 Å². The number of aromatic nitrogens is 2. The quantitative estimate of drug-likeness (QED) is 0.891. The van der Waals surface area contributed by atoms with Gasteiger partial charge >= 0.3 is 0 Å². The van der Waals surface area contributed by atoms with E-state index in [1.807, 2.05) is 31.2 Å². The zero-order valence-electron chi connectivity index (χ0n) is 12.0. The summed E-state index contributed by atoms with van der Waals surface area (Å²) in [6.45, 7) is 2.27. The summed E-state index contributed by atoms with van der Waals surface area (Å²) in [5, 5.41) is 7.80. The van der Waals surface area contributed by atoms with Crippen molar-refractivity contribution in [2.24, 2.45) is 7.05 Å². The van der Waals surface area contributed by atoms with Gasteiger partial charge in [0.05, 0.1) is 6.20 Å². The van der Waals surface area contributed by atoms with Gasteiger partial charge in [-0.05, 0) is 18.6 Å². The first kappa shape index (κ1) is 14.4. The lowest BCUT2D eigenvalue weighted by molar-refractivity contribution is 0.227. The third-order valence-corrected chi connectivity index (χ3v) is 5.36. The fourth-order valence-electron chi connectivity index (χ4n) is 3.11. The Hall–Kier alpha value is -0.590. The minimum Gasteiger partial charge on any atom is -0.312 e. The summed E-state index contributed by atoms with van der Waals surface area (Å²) in [7, 11) is 1.92. The third kappa shape index (κ3) is 3.54. The highest BCUT2D eigenvalue weighted by molar-refractivity contribution is 7.99. The van der Waals surface area contributed by atoms with Crippen LogP contribution in [0.5, 0.6) is 0 Å². The molecule has 3 rings (SSSR count). The van der Waals surface area contributed by atoms with Crippen LogP contribution in [0.1, 0.15) is 18.4 Å². The second-order valence-corrected chi connectivity index (χ2v) is 7.06. The first-order chi connectivity index (χ1) is 9.70. The van der Waals surface area contributed by atoms with E-state index in [0.717, 1.165) is 13.1 Å². The van der Waals surface area contributed by atoms with Crippen molar-refractivity contribution in [3.8, 4) is 0 Å². The topological polar surface area (TPSA) is 33.1 Å². The lowest BCUT2D eigenvalue weighted by Crippen LogP contribution is -2.41. The maximum absolute atomic E-state index is 13.7. The maximum Gasteiger partial charge on any atom is 0.114 e. The molecule has 0 unspecified atom stereocenters. The van der Waals surface area contributed by atoms with Crippen LogP contribution in [0.15, 0.2) is 12.4 Å². The number of thioether (sulfide) groups is 1. The number of hydrogen-bond donors (Lipinski definition) is 1. The number of likely N-dealkylation sites (tertiary alicyclic amines) is 1. The zero-order valence-corrected chi connectivity index (χ0v) is 12.8. The van der Waals surface area contributed by atoms with Gasteiger partial charge in [0, 0.05) is 56.3 Å². The first-order valence-corrected chi connectivity index (χ1v) is 8.53. The molecule has 0 aromatic carbocycles. The van der Waals surface area contributed by atoms with Crippen LogP contribution in [0.25, 0.3) is 0 Å². The number of halogens is 1. The molecule has 1 aromatic rings. The van der Waals surface area contributed by atoms with Crippen LogP contribution in [0.3, 0.4) is 0 Å². The molecule has 0 radical (unpaired) electrons. The van der Waals surface area contributed by atoms with Gasteiger partial charge in [-0.25, -0.2) is 4.39 Å². The molecule has 1 N–H and O–H groups in total. The molecular formula is C14H23FN4S. The Labute approximate surface area is 124 Å². The molecule has 1 aromatic heterocycles. The fraction of sp³-hybridized carbons (Fsp3) is 0.786. The summed E-state index contributed by atoms with van der Waals surface area (Å²) in [6, 6.07) is 0.940. The minimum absolute atomic E-state index is 0.316. The number of hydrogen-bond acceptors (Lipinski definition) is 4. The number of aryl methyl sites for hydroxylation is 1.